The van der Waals surface area contributed by atoms with Crippen LogP contribution in [0.1, 0.15) is 13.8 Å². The molecule has 0 aromatic rings. The van der Waals surface area contributed by atoms with Crippen molar-refractivity contribution in [2.24, 2.45) is 5.92 Å². The van der Waals surface area contributed by atoms with Crippen molar-refractivity contribution in [1.29, 1.82) is 0 Å². The lowest BCUT2D eigenvalue weighted by molar-refractivity contribution is -0.265. The van der Waals surface area contributed by atoms with Crippen LogP contribution in [0.5, 0.6) is 0 Å². The molecule has 0 aromatic heterocycles. The van der Waals surface area contributed by atoms with Gasteiger partial charge in [0.15, 0.2) is 5.78 Å². The molecular weight excluding hydrogens is 500 g/mol. The fourth-order valence-electron chi connectivity index (χ4n) is 4.74. The first kappa shape index (κ1) is 29.3. The van der Waals surface area contributed by atoms with Crippen molar-refractivity contribution in [3.8, 4) is 0 Å². The van der Waals surface area contributed by atoms with Crippen LogP contribution < -0.4 is 0 Å². The molecule has 37 heavy (non-hydrogen) atoms. The van der Waals surface area contributed by atoms with Crippen LogP contribution in [0.15, 0.2) is 34.8 Å². The van der Waals surface area contributed by atoms with Crippen LogP contribution in [0.4, 0.5) is 0 Å². The van der Waals surface area contributed by atoms with E-state index in [-0.39, 0.29) is 6.61 Å². The summed E-state index contributed by atoms with van der Waals surface area (Å²) in [5.41, 5.74) is -5.60. The number of hydrogen-bond acceptors (Lipinski definition) is 14. The summed E-state index contributed by atoms with van der Waals surface area (Å²) in [4.78, 5) is 26.1. The van der Waals surface area contributed by atoms with Gasteiger partial charge in [-0.3, -0.25) is 9.59 Å². The number of carbonyl (C=O) groups excluding carboxylic acids is 2. The van der Waals surface area contributed by atoms with Crippen LogP contribution in [0.25, 0.3) is 0 Å². The van der Waals surface area contributed by atoms with Crippen LogP contribution in [0, 0.1) is 5.92 Å². The third-order valence-corrected chi connectivity index (χ3v) is 7.10. The number of carbonyl (C=O) groups is 2. The molecule has 0 amide bonds. The topological polar surface area (TPSA) is 255 Å². The second-order valence-electron chi connectivity index (χ2n) is 9.35. The van der Waals surface area contributed by atoms with E-state index in [1.165, 1.54) is 19.9 Å². The highest BCUT2D eigenvalue weighted by Gasteiger charge is 2.61. The molecule has 1 aliphatic carbocycles. The van der Waals surface area contributed by atoms with Gasteiger partial charge in [-0.1, -0.05) is 13.0 Å². The maximum Gasteiger partial charge on any atom is 0.208 e. The number of ketones is 2. The normalized spacial score (nSPS) is 42.4. The van der Waals surface area contributed by atoms with E-state index >= 15 is 0 Å². The van der Waals surface area contributed by atoms with Crippen LogP contribution in [0.3, 0.4) is 0 Å². The molecule has 2 saturated heterocycles. The molecular formula is C23H32O14. The number of aliphatic hydroxyl groups excluding tert-OH is 9. The zero-order chi connectivity index (χ0) is 28.0. The Bertz CT molecular complexity index is 1000. The van der Waals surface area contributed by atoms with Crippen molar-refractivity contribution in [2.45, 2.75) is 74.4 Å². The number of ether oxygens (including phenoxy) is 2. The number of hydrogen-bond donors (Lipinski definition) is 10. The lowest BCUT2D eigenvalue weighted by Gasteiger charge is -2.48. The Morgan fingerprint density at radius 2 is 1.70 bits per heavy atom. The van der Waals surface area contributed by atoms with Gasteiger partial charge in [-0.05, 0) is 13.0 Å². The molecule has 2 fully saturated rings. The third-order valence-electron chi connectivity index (χ3n) is 7.10. The molecule has 3 aliphatic rings. The quantitative estimate of drug-likeness (QED) is 0.116. The zero-order valence-electron chi connectivity index (χ0n) is 19.9. The minimum absolute atomic E-state index is 0.384. The summed E-state index contributed by atoms with van der Waals surface area (Å²) in [5, 5.41) is 105. The SMILES string of the molecule is C/C=C/C(=O)C1=C(O)C(O)(C2OC(CO)C(O)C(O)C2O)C(O)=C(C(O)C2OCC(O)C(C)C2O)C1=O. The first-order valence-electron chi connectivity index (χ1n) is 11.5. The Morgan fingerprint density at radius 1 is 1.08 bits per heavy atom. The number of rotatable bonds is 6. The van der Waals surface area contributed by atoms with E-state index in [9.17, 15) is 60.7 Å². The lowest BCUT2D eigenvalue weighted by atomic mass is 9.72. The van der Waals surface area contributed by atoms with Crippen molar-refractivity contribution < 1.29 is 70.1 Å². The summed E-state index contributed by atoms with van der Waals surface area (Å²) in [6.07, 6.45) is -14.8. The minimum atomic E-state index is -3.37. The van der Waals surface area contributed by atoms with Gasteiger partial charge in [0, 0.05) is 5.92 Å². The Morgan fingerprint density at radius 3 is 2.27 bits per heavy atom. The molecule has 0 radical (unpaired) electrons. The predicted molar refractivity (Wildman–Crippen MR) is 120 cm³/mol. The van der Waals surface area contributed by atoms with E-state index in [1.54, 1.807) is 0 Å². The minimum Gasteiger partial charge on any atom is -0.508 e. The zero-order valence-corrected chi connectivity index (χ0v) is 19.9. The van der Waals surface area contributed by atoms with Gasteiger partial charge in [-0.2, -0.15) is 0 Å². The van der Waals surface area contributed by atoms with E-state index in [0.29, 0.717) is 0 Å². The van der Waals surface area contributed by atoms with E-state index in [0.717, 1.165) is 6.08 Å². The molecule has 14 heteroatoms. The lowest BCUT2D eigenvalue weighted by Crippen LogP contribution is -2.67. The van der Waals surface area contributed by atoms with Crippen molar-refractivity contribution in [2.75, 3.05) is 13.2 Å². The van der Waals surface area contributed by atoms with Crippen molar-refractivity contribution in [3.05, 3.63) is 34.8 Å². The van der Waals surface area contributed by atoms with E-state index < -0.39 is 107 Å². The summed E-state index contributed by atoms with van der Waals surface area (Å²) in [6, 6.07) is 0. The highest BCUT2D eigenvalue weighted by atomic mass is 16.6. The van der Waals surface area contributed by atoms with Crippen LogP contribution in [0.2, 0.25) is 0 Å². The molecule has 2 aliphatic heterocycles. The van der Waals surface area contributed by atoms with Gasteiger partial charge in [-0.15, -0.1) is 0 Å². The molecule has 0 bridgehead atoms. The summed E-state index contributed by atoms with van der Waals surface area (Å²) in [5.74, 6) is -6.49. The standard InChI is InChI=1S/C23H32O14/c1-3-4-8(25)11-15(29)12(16(30)19-13(27)7(2)9(26)6-36-19)21(34)23(35,20(11)33)22-18(32)17(31)14(28)10(5-24)37-22/h3-4,7,9-10,13-14,16-19,22,24,26-28,30-35H,5-6H2,1-2H3/b4-3+. The fourth-order valence-corrected chi connectivity index (χ4v) is 4.74. The molecule has 11 atom stereocenters. The number of aliphatic hydroxyl groups is 10. The molecule has 0 aromatic carbocycles. The predicted octanol–water partition coefficient (Wildman–Crippen LogP) is -3.97. The molecule has 0 spiro atoms. The second-order valence-corrected chi connectivity index (χ2v) is 9.35. The van der Waals surface area contributed by atoms with E-state index in [2.05, 4.69) is 0 Å². The monoisotopic (exact) mass is 532 g/mol. The van der Waals surface area contributed by atoms with Crippen molar-refractivity contribution in [1.82, 2.24) is 0 Å². The summed E-state index contributed by atoms with van der Waals surface area (Å²) >= 11 is 0. The Hall–Kier alpha value is -2.24. The summed E-state index contributed by atoms with van der Waals surface area (Å²) in [7, 11) is 0. The Kier molecular flexibility index (Phi) is 8.61. The molecule has 14 nitrogen and oxygen atoms in total. The number of allylic oxidation sites excluding steroid dienone is 3. The summed E-state index contributed by atoms with van der Waals surface area (Å²) < 4.78 is 10.5. The Labute approximate surface area is 210 Å². The van der Waals surface area contributed by atoms with Crippen LogP contribution >= 0.6 is 0 Å². The first-order valence-corrected chi connectivity index (χ1v) is 11.5. The van der Waals surface area contributed by atoms with Gasteiger partial charge in [0.25, 0.3) is 0 Å². The van der Waals surface area contributed by atoms with Gasteiger partial charge >= 0.3 is 0 Å². The smallest absolute Gasteiger partial charge is 0.208 e. The average molecular weight is 532 g/mol. The molecule has 11 unspecified atom stereocenters. The van der Waals surface area contributed by atoms with Gasteiger partial charge in [-0.25, -0.2) is 0 Å². The molecule has 3 rings (SSSR count). The van der Waals surface area contributed by atoms with Gasteiger partial charge in [0.1, 0.15) is 59.8 Å². The fraction of sp³-hybridized carbons (Fsp3) is 0.652. The van der Waals surface area contributed by atoms with Crippen LogP contribution in [-0.2, 0) is 19.1 Å². The van der Waals surface area contributed by atoms with E-state index in [1.807, 2.05) is 0 Å². The van der Waals surface area contributed by atoms with Crippen LogP contribution in [-0.4, -0.2) is 136 Å². The average Bonchev–Trinajstić information content (AvgIpc) is 2.85. The maximum absolute atomic E-state index is 13.3. The third kappa shape index (κ3) is 4.63. The summed E-state index contributed by atoms with van der Waals surface area (Å²) in [6.45, 7) is 1.48. The maximum atomic E-state index is 13.3. The largest absolute Gasteiger partial charge is 0.508 e. The van der Waals surface area contributed by atoms with Crippen molar-refractivity contribution >= 4 is 11.6 Å². The highest BCUT2D eigenvalue weighted by Crippen LogP contribution is 2.43. The molecule has 10 N–H and O–H groups in total. The van der Waals surface area contributed by atoms with Gasteiger partial charge in [0.2, 0.25) is 11.4 Å². The number of Topliss-reactive ketones (excluding diaryl/α,β-unsaturated/α-hetero) is 1. The molecule has 208 valence electrons. The van der Waals surface area contributed by atoms with Gasteiger partial charge in [0.05, 0.1) is 31.0 Å². The van der Waals surface area contributed by atoms with Gasteiger partial charge < -0.3 is 60.5 Å². The highest BCUT2D eigenvalue weighted by molar-refractivity contribution is 6.30. The van der Waals surface area contributed by atoms with Crippen molar-refractivity contribution in [3.63, 3.8) is 0 Å². The molecule has 2 heterocycles. The molecule has 0 saturated carbocycles. The Balaban J connectivity index is 2.21. The second kappa shape index (κ2) is 10.9. The van der Waals surface area contributed by atoms with E-state index in [4.69, 9.17) is 9.47 Å². The first-order chi connectivity index (χ1) is 17.2.